The van der Waals surface area contributed by atoms with Crippen LogP contribution in [0.25, 0.3) is 129 Å². The van der Waals surface area contributed by atoms with E-state index in [-0.39, 0.29) is 5.92 Å². The molecule has 0 bridgehead atoms. The van der Waals surface area contributed by atoms with Gasteiger partial charge < -0.3 is 0 Å². The fourth-order valence-electron chi connectivity index (χ4n) is 17.9. The van der Waals surface area contributed by atoms with Gasteiger partial charge in [0, 0.05) is 55.1 Å². The molecule has 0 saturated carbocycles. The van der Waals surface area contributed by atoms with Crippen LogP contribution in [0.15, 0.2) is 6.07 Å². The Bertz CT molecular complexity index is 6880. The van der Waals surface area contributed by atoms with Gasteiger partial charge in [0.05, 0.1) is 77.7 Å². The third kappa shape index (κ3) is 10.4. The van der Waals surface area contributed by atoms with Crippen LogP contribution in [-0.2, 0) is 6.18 Å². The molecule has 0 spiro atoms. The van der Waals surface area contributed by atoms with Crippen LogP contribution < -0.4 is 22.6 Å². The molecule has 17 aromatic carbocycles. The van der Waals surface area contributed by atoms with Crippen LogP contribution in [-0.4, -0.2) is 26.2 Å². The summed E-state index contributed by atoms with van der Waals surface area (Å²) in [5, 5.41) is -70.8. The van der Waals surface area contributed by atoms with E-state index in [0.717, 1.165) is 12.8 Å². The van der Waals surface area contributed by atoms with Crippen molar-refractivity contribution in [3.05, 3.63) is 239 Å². The molecule has 2 unspecified atom stereocenters. The minimum Gasteiger partial charge on any atom is -0.300 e. The molecule has 0 radical (unpaired) electrons. The minimum atomic E-state index is -10.9. The Hall–Kier alpha value is -11.5. The van der Waals surface area contributed by atoms with Gasteiger partial charge in [-0.15, -0.1) is 0 Å². The molecule has 0 fully saturated rings. The molecule has 0 aromatic heterocycles. The monoisotopic (exact) mass is 1820 g/mol. The number of nitrogens with one attached hydrogen (secondary N) is 1. The van der Waals surface area contributed by atoms with Crippen LogP contribution in [0.5, 0.6) is 0 Å². The minimum absolute atomic E-state index is 0.128. The summed E-state index contributed by atoms with van der Waals surface area (Å²) in [6.07, 6.45) is -3.00. The van der Waals surface area contributed by atoms with Crippen molar-refractivity contribution in [1.29, 1.82) is 0 Å². The van der Waals surface area contributed by atoms with Gasteiger partial charge in [-0.05, 0) is 34.4 Å². The maximum atomic E-state index is 19.4. The molecule has 0 heterocycles. The summed E-state index contributed by atoms with van der Waals surface area (Å²) in [5.74, 6) is -134. The van der Waals surface area contributed by atoms with Crippen molar-refractivity contribution in [2.24, 2.45) is 5.92 Å². The lowest BCUT2D eigenvalue weighted by atomic mass is 9.90. The van der Waals surface area contributed by atoms with Gasteiger partial charge in [0.2, 0.25) is 0 Å². The Labute approximate surface area is 656 Å². The third-order valence-corrected chi connectivity index (χ3v) is 28.1. The Morgan fingerprint density at radius 2 is 0.403 bits per heavy atom. The second-order valence-corrected chi connectivity index (χ2v) is 32.7. The van der Waals surface area contributed by atoms with Crippen molar-refractivity contribution in [3.63, 3.8) is 0 Å². The second-order valence-electron chi connectivity index (χ2n) is 28.7. The van der Waals surface area contributed by atoms with Gasteiger partial charge in [-0.3, -0.25) is 4.90 Å². The summed E-state index contributed by atoms with van der Waals surface area (Å²) in [5.41, 5.74) is -2.61. The summed E-state index contributed by atoms with van der Waals surface area (Å²) in [6.45, 7) is 6.37. The van der Waals surface area contributed by atoms with Gasteiger partial charge in [-0.25, -0.2) is 167 Å². The first kappa shape index (κ1) is 86.0. The molecular formula is C80H22AlF42N. The zero-order valence-corrected chi connectivity index (χ0v) is 60.8. The predicted molar refractivity (Wildman–Crippen MR) is 359 cm³/mol. The number of hydrogen-bond acceptors (Lipinski definition) is 0. The normalized spacial score (nSPS) is 13.3. The summed E-state index contributed by atoms with van der Waals surface area (Å²) < 4.78 is 685. The summed E-state index contributed by atoms with van der Waals surface area (Å²) in [7, 11) is 0. The smallest absolute Gasteiger partial charge is 0.300 e. The van der Waals surface area contributed by atoms with E-state index in [1.807, 2.05) is 13.8 Å². The number of rotatable bonds is 11. The summed E-state index contributed by atoms with van der Waals surface area (Å²) in [6, 6.07) is 0.545. The van der Waals surface area contributed by atoms with Crippen LogP contribution in [0, 0.1) is 233 Å². The van der Waals surface area contributed by atoms with E-state index in [9.17, 15) is 26.3 Å². The predicted octanol–water partition coefficient (Wildman–Crippen LogP) is 24.1. The molecule has 0 aliphatic rings. The standard InChI is InChI=1S/4C16F9.C16H21F6N.Al/c4*17-3-1-2-4-5-7(11(20)9(2)18)14(23)16(25)15(24)8(5)13(22)12(21)6(4)10(3)19;1-4-6-10(3)9-23(7-5-2)12-8-11(17)14(18)13(15(12)19)16(20,21)22;/h;;;;8,10H,4-7,9H2,1-3H3;/q;;;;;-1/p+1. The molecule has 17 rings (SSSR count). The number of quaternary nitrogens is 1. The molecule has 1 N–H and O–H groups in total. The molecule has 0 saturated heterocycles. The van der Waals surface area contributed by atoms with E-state index in [1.54, 1.807) is 6.92 Å². The van der Waals surface area contributed by atoms with Crippen molar-refractivity contribution in [1.82, 2.24) is 0 Å². The molecule has 2 atom stereocenters. The van der Waals surface area contributed by atoms with E-state index < -0.39 is 404 Å². The number of alkyl halides is 3. The van der Waals surface area contributed by atoms with E-state index in [2.05, 4.69) is 0 Å². The fourth-order valence-corrected chi connectivity index (χ4v) is 24.5. The average Bonchev–Trinajstić information content (AvgIpc) is 0.645. The first-order valence-electron chi connectivity index (χ1n) is 34.7. The lowest BCUT2D eigenvalue weighted by molar-refractivity contribution is -0.837. The SMILES string of the molecule is CCCC(C)C[NH+](CCC)c1cc(F)c(F)c(C(F)(F)F)c1F.Fc1c(F)c2c(F)c(F)c3c(F)c(F)[c]([Al-]([c]4c(F)c(F)c5c(F)c(F)c6c(F)c(F)c(F)c7c(F)c(F)c4c5c67)([c]4c(F)c(F)c5c(F)c(F)c6c(F)c(F)c(F)c7c(F)c(F)c4c5c67)[c]4c(F)c(F)c5c(F)c(F)c6c(F)c(F)c(F)c7c(F)c(F)c4c5c67)c4c(F)c(F)c(c1F)c2c34. The highest BCUT2D eigenvalue weighted by Crippen LogP contribution is 2.54. The van der Waals surface area contributed by atoms with Crippen LogP contribution in [0.3, 0.4) is 0 Å². The average molecular weight is 1820 g/mol. The zero-order chi connectivity index (χ0) is 91.2. The Balaban J connectivity index is 0.000000431. The lowest BCUT2D eigenvalue weighted by Gasteiger charge is -2.45. The fraction of sp³-hybridized carbons (Fsp3) is 0.125. The van der Waals surface area contributed by atoms with Crippen LogP contribution in [0.2, 0.25) is 0 Å². The first-order valence-corrected chi connectivity index (χ1v) is 37.0. The number of halogens is 42. The van der Waals surface area contributed by atoms with Crippen molar-refractivity contribution >= 4 is 166 Å². The summed E-state index contributed by atoms with van der Waals surface area (Å²) in [4.78, 5) is 0.398. The highest BCUT2D eigenvalue weighted by Gasteiger charge is 2.56. The number of hydrogen-bond donors (Lipinski definition) is 1. The Morgan fingerprint density at radius 3 is 0.589 bits per heavy atom. The van der Waals surface area contributed by atoms with Gasteiger partial charge in [-0.1, -0.05) is 27.2 Å². The van der Waals surface area contributed by atoms with Gasteiger partial charge in [0.15, 0.2) is 209 Å². The molecule has 0 aliphatic heterocycles. The molecule has 124 heavy (non-hydrogen) atoms. The highest BCUT2D eigenvalue weighted by atomic mass is 27.2. The molecule has 0 aliphatic carbocycles. The van der Waals surface area contributed by atoms with Crippen LogP contribution in [0.1, 0.15) is 45.6 Å². The highest BCUT2D eigenvalue weighted by molar-refractivity contribution is 7.23. The first-order chi connectivity index (χ1) is 57.9. The number of benzene rings is 17. The summed E-state index contributed by atoms with van der Waals surface area (Å²) >= 11 is -10.9. The van der Waals surface area contributed by atoms with Crippen LogP contribution >= 0.6 is 0 Å². The topological polar surface area (TPSA) is 4.44 Å². The second kappa shape index (κ2) is 28.2. The maximum Gasteiger partial charge on any atom is 0.422 e. The molecule has 644 valence electrons. The van der Waals surface area contributed by atoms with Crippen molar-refractivity contribution in [3.8, 4) is 0 Å². The van der Waals surface area contributed by atoms with Crippen LogP contribution in [0.4, 0.5) is 190 Å². The van der Waals surface area contributed by atoms with E-state index in [0.29, 0.717) is 30.5 Å². The van der Waals surface area contributed by atoms with Gasteiger partial charge in [0.1, 0.15) is 28.8 Å². The molecule has 0 amide bonds. The Kier molecular flexibility index (Phi) is 19.6. The van der Waals surface area contributed by atoms with Crippen molar-refractivity contribution < 1.29 is 189 Å². The van der Waals surface area contributed by atoms with E-state index >= 15 is 158 Å². The maximum absolute atomic E-state index is 19.4. The van der Waals surface area contributed by atoms with Gasteiger partial charge >= 0.3 is 6.18 Å². The van der Waals surface area contributed by atoms with E-state index in [1.165, 1.54) is 0 Å². The third-order valence-electron chi connectivity index (χ3n) is 22.5. The molecule has 17 aromatic rings. The molecule has 1 nitrogen and oxygen atoms in total. The zero-order valence-electron chi connectivity index (χ0n) is 59.6. The lowest BCUT2D eigenvalue weighted by Crippen LogP contribution is -3.08. The Morgan fingerprint density at radius 1 is 0.226 bits per heavy atom. The molecular weight excluding hydrogens is 1800 g/mol. The quantitative estimate of drug-likeness (QED) is 0.0433. The van der Waals surface area contributed by atoms with Gasteiger partial charge in [-0.2, -0.15) is 35.3 Å². The van der Waals surface area contributed by atoms with Gasteiger partial charge in [0.25, 0.3) is 13.1 Å². The molecule has 44 heteroatoms. The van der Waals surface area contributed by atoms with Crippen molar-refractivity contribution in [2.45, 2.75) is 46.2 Å². The van der Waals surface area contributed by atoms with Crippen molar-refractivity contribution in [2.75, 3.05) is 13.1 Å². The largest absolute Gasteiger partial charge is 0.422 e. The van der Waals surface area contributed by atoms with E-state index in [4.69, 9.17) is 0 Å².